The van der Waals surface area contributed by atoms with Crippen molar-refractivity contribution in [3.8, 4) is 5.75 Å². The van der Waals surface area contributed by atoms with E-state index >= 15 is 0 Å². The molecule has 1 aromatic heterocycles. The van der Waals surface area contributed by atoms with Crippen LogP contribution in [0.4, 0.5) is 0 Å². The number of phenolic OH excluding ortho intramolecular Hbond substituents is 1. The fraction of sp³-hybridized carbons (Fsp3) is 0.227. The fourth-order valence-corrected chi connectivity index (χ4v) is 3.50. The summed E-state index contributed by atoms with van der Waals surface area (Å²) >= 11 is 3.45. The molecule has 0 spiro atoms. The summed E-state index contributed by atoms with van der Waals surface area (Å²) in [6.07, 6.45) is 7.06. The van der Waals surface area contributed by atoms with E-state index in [0.29, 0.717) is 18.6 Å². The molecule has 0 radical (unpaired) electrons. The van der Waals surface area contributed by atoms with E-state index in [1.54, 1.807) is 18.3 Å². The maximum absolute atomic E-state index is 10.2. The van der Waals surface area contributed by atoms with E-state index < -0.39 is 0 Å². The smallest absolute Gasteiger partial charge is 0.122 e. The van der Waals surface area contributed by atoms with Crippen molar-refractivity contribution in [3.05, 3.63) is 82.1 Å². The predicted molar refractivity (Wildman–Crippen MR) is 111 cm³/mol. The zero-order chi connectivity index (χ0) is 19.2. The summed E-state index contributed by atoms with van der Waals surface area (Å²) in [6, 6.07) is 11.1. The Morgan fingerprint density at radius 1 is 1.33 bits per heavy atom. The van der Waals surface area contributed by atoms with Crippen LogP contribution in [0.25, 0.3) is 11.6 Å². The van der Waals surface area contributed by atoms with Gasteiger partial charge in [-0.3, -0.25) is 4.98 Å². The first-order valence-corrected chi connectivity index (χ1v) is 9.59. The average Bonchev–Trinajstić information content (AvgIpc) is 3.16. The van der Waals surface area contributed by atoms with Crippen LogP contribution in [0.15, 0.2) is 70.9 Å². The molecule has 1 atom stereocenters. The molecule has 4 nitrogen and oxygen atoms in total. The molecule has 0 amide bonds. The minimum atomic E-state index is -0.0899. The second kappa shape index (κ2) is 9.13. The first-order valence-electron chi connectivity index (χ1n) is 8.79. The molecule has 140 valence electrons. The zero-order valence-electron chi connectivity index (χ0n) is 14.9. The Bertz CT molecular complexity index is 874. The molecule has 1 aliphatic heterocycles. The van der Waals surface area contributed by atoms with Crippen molar-refractivity contribution in [2.45, 2.75) is 18.9 Å². The van der Waals surface area contributed by atoms with Crippen LogP contribution in [0.1, 0.15) is 24.1 Å². The number of benzene rings is 1. The number of phenols is 1. The molecular formula is C22H22BrNO3. The lowest BCUT2D eigenvalue weighted by Gasteiger charge is -2.17. The van der Waals surface area contributed by atoms with Gasteiger partial charge in [0.15, 0.2) is 0 Å². The molecule has 0 saturated heterocycles. The number of halogens is 1. The molecule has 0 aliphatic carbocycles. The Morgan fingerprint density at radius 3 is 2.93 bits per heavy atom. The summed E-state index contributed by atoms with van der Waals surface area (Å²) in [5, 5.41) is 19.6. The second-order valence-corrected chi connectivity index (χ2v) is 7.29. The topological polar surface area (TPSA) is 62.6 Å². The number of aliphatic hydroxyl groups excluding tert-OH is 1. The van der Waals surface area contributed by atoms with Crippen molar-refractivity contribution in [1.82, 2.24) is 4.98 Å². The molecule has 2 heterocycles. The van der Waals surface area contributed by atoms with Crippen molar-refractivity contribution in [2.24, 2.45) is 0 Å². The van der Waals surface area contributed by atoms with Crippen molar-refractivity contribution >= 4 is 27.6 Å². The van der Waals surface area contributed by atoms with Crippen LogP contribution in [0.5, 0.6) is 5.75 Å². The second-order valence-electron chi connectivity index (χ2n) is 6.37. The van der Waals surface area contributed by atoms with Crippen molar-refractivity contribution in [1.29, 1.82) is 0 Å². The predicted octanol–water partition coefficient (Wildman–Crippen LogP) is 4.74. The minimum absolute atomic E-state index is 0.0689. The van der Waals surface area contributed by atoms with Crippen LogP contribution >= 0.6 is 15.9 Å². The summed E-state index contributed by atoms with van der Waals surface area (Å²) in [4.78, 5) is 4.47. The third kappa shape index (κ3) is 4.95. The van der Waals surface area contributed by atoms with Gasteiger partial charge in [0.2, 0.25) is 0 Å². The van der Waals surface area contributed by atoms with Crippen LogP contribution in [-0.2, 0) is 4.74 Å². The highest BCUT2D eigenvalue weighted by atomic mass is 79.9. The number of aliphatic hydroxyl groups is 1. The van der Waals surface area contributed by atoms with Crippen molar-refractivity contribution in [2.75, 3.05) is 13.2 Å². The van der Waals surface area contributed by atoms with Gasteiger partial charge in [0.25, 0.3) is 0 Å². The Hall–Kier alpha value is -2.21. The maximum Gasteiger partial charge on any atom is 0.122 e. The average molecular weight is 428 g/mol. The zero-order valence-corrected chi connectivity index (χ0v) is 16.5. The van der Waals surface area contributed by atoms with E-state index in [1.165, 1.54) is 0 Å². The molecule has 0 saturated carbocycles. The number of nitrogens with zero attached hydrogens (tertiary/aromatic N) is 1. The number of aromatic hydroxyl groups is 1. The molecule has 1 unspecified atom stereocenters. The van der Waals surface area contributed by atoms with Gasteiger partial charge in [-0.1, -0.05) is 34.7 Å². The molecule has 27 heavy (non-hydrogen) atoms. The quantitative estimate of drug-likeness (QED) is 0.669. The van der Waals surface area contributed by atoms with Gasteiger partial charge in [-0.05, 0) is 66.0 Å². The van der Waals surface area contributed by atoms with E-state index in [1.807, 2.05) is 36.4 Å². The number of ether oxygens (including phenoxy) is 1. The molecule has 2 N–H and O–H groups in total. The highest BCUT2D eigenvalue weighted by molar-refractivity contribution is 9.10. The molecular weight excluding hydrogens is 406 g/mol. The Labute approximate surface area is 167 Å². The van der Waals surface area contributed by atoms with E-state index in [0.717, 1.165) is 33.3 Å². The van der Waals surface area contributed by atoms with Gasteiger partial charge in [-0.2, -0.15) is 0 Å². The van der Waals surface area contributed by atoms with E-state index in [9.17, 15) is 10.2 Å². The van der Waals surface area contributed by atoms with E-state index in [-0.39, 0.29) is 18.5 Å². The van der Waals surface area contributed by atoms with E-state index in [2.05, 4.69) is 27.5 Å². The van der Waals surface area contributed by atoms with Gasteiger partial charge < -0.3 is 14.9 Å². The molecule has 2 aromatic rings. The molecule has 0 fully saturated rings. The molecule has 0 bridgehead atoms. The highest BCUT2D eigenvalue weighted by Crippen LogP contribution is 2.31. The van der Waals surface area contributed by atoms with Crippen LogP contribution in [0, 0.1) is 0 Å². The first kappa shape index (κ1) is 19.5. The number of pyridine rings is 1. The Morgan fingerprint density at radius 2 is 2.19 bits per heavy atom. The summed E-state index contributed by atoms with van der Waals surface area (Å²) < 4.78 is 6.70. The lowest BCUT2D eigenvalue weighted by atomic mass is 9.95. The van der Waals surface area contributed by atoms with Crippen LogP contribution in [0.2, 0.25) is 0 Å². The third-order valence-electron chi connectivity index (χ3n) is 4.54. The van der Waals surface area contributed by atoms with Gasteiger partial charge in [-0.15, -0.1) is 0 Å². The number of hydrogen-bond acceptors (Lipinski definition) is 4. The van der Waals surface area contributed by atoms with Crippen molar-refractivity contribution in [3.63, 3.8) is 0 Å². The van der Waals surface area contributed by atoms with Gasteiger partial charge in [0, 0.05) is 16.2 Å². The van der Waals surface area contributed by atoms with Crippen LogP contribution in [-0.4, -0.2) is 34.5 Å². The SMILES string of the molecule is C=C(CO)C1=CCOC1CC/C(=C/c1cc(Br)ccc1O)c1ccccn1. The third-order valence-corrected chi connectivity index (χ3v) is 5.03. The molecule has 5 heteroatoms. The molecule has 1 aliphatic rings. The summed E-state index contributed by atoms with van der Waals surface area (Å²) in [7, 11) is 0. The number of hydrogen-bond donors (Lipinski definition) is 2. The lowest BCUT2D eigenvalue weighted by molar-refractivity contribution is 0.116. The standard InChI is InChI=1S/C22H22BrNO3/c1-15(14-25)19-9-11-27-22(19)8-5-16(20-4-2-3-10-24-20)12-17-13-18(23)6-7-21(17)26/h2-4,6-7,9-10,12-13,22,25-26H,1,5,8,11,14H2/b16-12-. The van der Waals surface area contributed by atoms with Gasteiger partial charge in [-0.25, -0.2) is 0 Å². The first-order chi connectivity index (χ1) is 13.1. The van der Waals surface area contributed by atoms with E-state index in [4.69, 9.17) is 4.74 Å². The molecule has 1 aromatic carbocycles. The fourth-order valence-electron chi connectivity index (χ4n) is 3.12. The summed E-state index contributed by atoms with van der Waals surface area (Å²) in [5.74, 6) is 0.220. The summed E-state index contributed by atoms with van der Waals surface area (Å²) in [6.45, 7) is 4.38. The van der Waals surface area contributed by atoms with Crippen LogP contribution < -0.4 is 0 Å². The monoisotopic (exact) mass is 427 g/mol. The summed E-state index contributed by atoms with van der Waals surface area (Å²) in [5.41, 5.74) is 4.27. The maximum atomic E-state index is 10.2. The lowest BCUT2D eigenvalue weighted by Crippen LogP contribution is -2.13. The van der Waals surface area contributed by atoms with Crippen LogP contribution in [0.3, 0.4) is 0 Å². The van der Waals surface area contributed by atoms with Gasteiger partial charge in [0.05, 0.1) is 25.0 Å². The minimum Gasteiger partial charge on any atom is -0.507 e. The number of aromatic nitrogens is 1. The van der Waals surface area contributed by atoms with Gasteiger partial charge >= 0.3 is 0 Å². The highest BCUT2D eigenvalue weighted by Gasteiger charge is 2.22. The number of allylic oxidation sites excluding steroid dienone is 1. The number of rotatable bonds is 7. The normalized spacial score (nSPS) is 17.0. The van der Waals surface area contributed by atoms with Gasteiger partial charge in [0.1, 0.15) is 5.75 Å². The Kier molecular flexibility index (Phi) is 6.61. The Balaban J connectivity index is 1.86. The van der Waals surface area contributed by atoms with Crippen molar-refractivity contribution < 1.29 is 14.9 Å². The molecule has 3 rings (SSSR count). The largest absolute Gasteiger partial charge is 0.507 e.